The van der Waals surface area contributed by atoms with Crippen molar-refractivity contribution >= 4 is 44.9 Å². The van der Waals surface area contributed by atoms with E-state index in [2.05, 4.69) is 64.1 Å². The number of benzene rings is 3. The van der Waals surface area contributed by atoms with Crippen LogP contribution in [0.2, 0.25) is 0 Å². The van der Waals surface area contributed by atoms with E-state index in [1.54, 1.807) is 15.2 Å². The van der Waals surface area contributed by atoms with Crippen molar-refractivity contribution in [3.05, 3.63) is 90.5 Å². The Morgan fingerprint density at radius 3 is 2.14 bits per heavy atom. The monoisotopic (exact) mass is 495 g/mol. The molecular formula is C22H21N3OSSn. The molecule has 0 unspecified atom stereocenters. The minimum absolute atomic E-state index is 0.684. The second-order valence-electron chi connectivity index (χ2n) is 6.24. The third-order valence-electron chi connectivity index (χ3n) is 4.39. The van der Waals surface area contributed by atoms with Gasteiger partial charge in [0, 0.05) is 0 Å². The Hall–Kier alpha value is -2.25. The van der Waals surface area contributed by atoms with Gasteiger partial charge in [0.25, 0.3) is 0 Å². The van der Waals surface area contributed by atoms with Crippen LogP contribution in [0, 0.1) is 0 Å². The van der Waals surface area contributed by atoms with E-state index in [4.69, 9.17) is 3.07 Å². The molecule has 0 saturated carbocycles. The van der Waals surface area contributed by atoms with Gasteiger partial charge < -0.3 is 0 Å². The molecule has 3 aromatic carbocycles. The molecule has 1 heterocycles. The van der Waals surface area contributed by atoms with Gasteiger partial charge in [-0.25, -0.2) is 0 Å². The Morgan fingerprint density at radius 2 is 1.50 bits per heavy atom. The number of para-hydroxylation sites is 1. The van der Waals surface area contributed by atoms with Crippen molar-refractivity contribution in [3.63, 3.8) is 0 Å². The molecule has 140 valence electrons. The Morgan fingerprint density at radius 1 is 0.893 bits per heavy atom. The molecule has 0 amide bonds. The second-order valence-corrected chi connectivity index (χ2v) is 19.8. The zero-order valence-electron chi connectivity index (χ0n) is 15.6. The standard InChI is InChI=1S/C10H13N3OS.2C6H5.Sn/c1-2-11-10(15)13-12-7-8-5-3-4-6-9(8)14;2*1-2-4-6-5-3-1;/h3-7,14H,2H2,1H3,(H2,11,13,15);2*1-5H;/q;;;+2/p-2/b12-7-;;;. The molecule has 0 aliphatic carbocycles. The van der Waals surface area contributed by atoms with Crippen molar-refractivity contribution in [2.24, 2.45) is 10.1 Å². The molecule has 0 aromatic heterocycles. The number of nitrogens with one attached hydrogen (secondary N) is 1. The molecule has 28 heavy (non-hydrogen) atoms. The van der Waals surface area contributed by atoms with E-state index < -0.39 is 17.4 Å². The summed E-state index contributed by atoms with van der Waals surface area (Å²) in [6.07, 6.45) is 1.80. The summed E-state index contributed by atoms with van der Waals surface area (Å²) in [4.78, 5) is 4.66. The van der Waals surface area contributed by atoms with E-state index in [1.165, 1.54) is 7.16 Å². The summed E-state index contributed by atoms with van der Waals surface area (Å²) in [5.74, 6) is 0.863. The Bertz CT molecular complexity index is 953. The first-order valence-electron chi connectivity index (χ1n) is 9.23. The number of hydrogen-bond acceptors (Lipinski definition) is 4. The molecule has 0 saturated heterocycles. The third kappa shape index (κ3) is 3.95. The molecule has 0 bridgehead atoms. The van der Waals surface area contributed by atoms with Crippen LogP contribution < -0.4 is 15.7 Å². The van der Waals surface area contributed by atoms with Crippen molar-refractivity contribution in [1.29, 1.82) is 0 Å². The zero-order chi connectivity index (χ0) is 19.2. The van der Waals surface area contributed by atoms with Crippen LogP contribution in [0.15, 0.2) is 95.0 Å². The Kier molecular flexibility index (Phi) is 6.02. The molecule has 1 aliphatic rings. The molecule has 3 aromatic rings. The average Bonchev–Trinajstić information content (AvgIpc) is 2.83. The van der Waals surface area contributed by atoms with E-state index in [0.717, 1.165) is 16.5 Å². The van der Waals surface area contributed by atoms with E-state index in [1.807, 2.05) is 43.3 Å². The molecule has 0 radical (unpaired) electrons. The first kappa shape index (κ1) is 19.1. The molecule has 0 fully saturated rings. The predicted molar refractivity (Wildman–Crippen MR) is 121 cm³/mol. The first-order chi connectivity index (χ1) is 13.8. The second kappa shape index (κ2) is 8.83. The van der Waals surface area contributed by atoms with Gasteiger partial charge in [-0.1, -0.05) is 0 Å². The van der Waals surface area contributed by atoms with Gasteiger partial charge in [-0.3, -0.25) is 0 Å². The van der Waals surface area contributed by atoms with Crippen LogP contribution in [0.1, 0.15) is 12.5 Å². The Balaban J connectivity index is 1.97. The van der Waals surface area contributed by atoms with E-state index in [0.29, 0.717) is 6.54 Å². The van der Waals surface area contributed by atoms with Crippen LogP contribution in [-0.2, 0) is 0 Å². The summed E-state index contributed by atoms with van der Waals surface area (Å²) in [5, 5.41) is 5.21. The summed E-state index contributed by atoms with van der Waals surface area (Å²) in [6.45, 7) is 2.72. The quantitative estimate of drug-likeness (QED) is 0.569. The minimum atomic E-state index is -3.75. The van der Waals surface area contributed by atoms with E-state index >= 15 is 0 Å². The Labute approximate surface area is 172 Å². The van der Waals surface area contributed by atoms with Gasteiger partial charge in [-0.2, -0.15) is 0 Å². The first-order valence-corrected chi connectivity index (χ1v) is 17.6. The fraction of sp³-hybridized carbons (Fsp3) is 0.0909. The van der Waals surface area contributed by atoms with Gasteiger partial charge >= 0.3 is 173 Å². The third-order valence-corrected chi connectivity index (χ3v) is 20.6. The van der Waals surface area contributed by atoms with E-state index in [9.17, 15) is 0 Å². The van der Waals surface area contributed by atoms with E-state index in [-0.39, 0.29) is 0 Å². The van der Waals surface area contributed by atoms with Crippen molar-refractivity contribution in [1.82, 2.24) is 5.43 Å². The van der Waals surface area contributed by atoms with Crippen molar-refractivity contribution < 1.29 is 3.07 Å². The topological polar surface area (TPSA) is 46.0 Å². The number of rotatable bonds is 3. The van der Waals surface area contributed by atoms with Gasteiger partial charge in [0.2, 0.25) is 0 Å². The fourth-order valence-electron chi connectivity index (χ4n) is 3.10. The zero-order valence-corrected chi connectivity index (χ0v) is 19.2. The van der Waals surface area contributed by atoms with Crippen molar-refractivity contribution in [2.75, 3.05) is 6.54 Å². The number of aliphatic imine (C=N–C) groups is 1. The van der Waals surface area contributed by atoms with Crippen molar-refractivity contribution in [3.8, 4) is 5.75 Å². The van der Waals surface area contributed by atoms with Crippen LogP contribution in [-0.4, -0.2) is 35.3 Å². The molecule has 1 aliphatic heterocycles. The number of nitrogens with zero attached hydrogens (tertiary/aromatic N) is 2. The average molecular weight is 494 g/mol. The maximum absolute atomic E-state index is 7.01. The summed E-state index contributed by atoms with van der Waals surface area (Å²) in [7, 11) is 1.73. The van der Waals surface area contributed by atoms with Gasteiger partial charge in [0.15, 0.2) is 0 Å². The maximum atomic E-state index is 7.01. The van der Waals surface area contributed by atoms with Crippen molar-refractivity contribution in [2.45, 2.75) is 6.92 Å². The summed E-state index contributed by atoms with van der Waals surface area (Å²) in [6, 6.07) is 29.2. The fourth-order valence-corrected chi connectivity index (χ4v) is 18.7. The normalized spacial score (nSPS) is 18.0. The van der Waals surface area contributed by atoms with Crippen LogP contribution in [0.25, 0.3) is 0 Å². The molecule has 4 nitrogen and oxygen atoms in total. The molecule has 1 N–H and O–H groups in total. The summed E-state index contributed by atoms with van der Waals surface area (Å²) >= 11 is -3.75. The van der Waals surface area contributed by atoms with Crippen LogP contribution in [0.4, 0.5) is 0 Å². The number of hydrazone groups is 1. The molecule has 0 spiro atoms. The van der Waals surface area contributed by atoms with Gasteiger partial charge in [0.1, 0.15) is 0 Å². The van der Waals surface area contributed by atoms with Gasteiger partial charge in [0.05, 0.1) is 0 Å². The van der Waals surface area contributed by atoms with Gasteiger partial charge in [-0.05, 0) is 0 Å². The van der Waals surface area contributed by atoms with Crippen LogP contribution in [0.5, 0.6) is 5.75 Å². The van der Waals surface area contributed by atoms with Crippen LogP contribution in [0.3, 0.4) is 0 Å². The number of hydrogen-bond donors (Lipinski definition) is 1. The predicted octanol–water partition coefficient (Wildman–Crippen LogP) is 3.37. The molecular weight excluding hydrogens is 473 g/mol. The number of fused-ring (bicyclic) bond motifs is 1. The van der Waals surface area contributed by atoms with Gasteiger partial charge in [-0.15, -0.1) is 0 Å². The summed E-state index contributed by atoms with van der Waals surface area (Å²) < 4.78 is 9.51. The molecule has 6 heteroatoms. The number of amidine groups is 1. The summed E-state index contributed by atoms with van der Waals surface area (Å²) in [5.41, 5.74) is 4.11. The molecule has 0 atom stereocenters. The van der Waals surface area contributed by atoms with Crippen LogP contribution >= 0.6 is 8.95 Å². The molecule has 4 rings (SSSR count). The SMILES string of the molecule is CCN=C1N/N=C\c2ccccc2[O][Sn]([c]2ccccc2)([c]2ccccc2)[S]1.